The zero-order valence-electron chi connectivity index (χ0n) is 14.1. The van der Waals surface area contributed by atoms with Crippen LogP contribution in [-0.4, -0.2) is 9.97 Å². The minimum atomic E-state index is -0.195. The van der Waals surface area contributed by atoms with Crippen molar-refractivity contribution in [1.82, 2.24) is 9.97 Å². The average molecular weight is 397 g/mol. The van der Waals surface area contributed by atoms with Crippen LogP contribution >= 0.6 is 23.2 Å². The number of fused-ring (bicyclic) bond motifs is 1. The van der Waals surface area contributed by atoms with Crippen LogP contribution in [0.25, 0.3) is 22.3 Å². The topological polar surface area (TPSA) is 55.0 Å². The summed E-state index contributed by atoms with van der Waals surface area (Å²) in [4.78, 5) is 19.8. The van der Waals surface area contributed by atoms with E-state index in [4.69, 9.17) is 27.9 Å². The van der Waals surface area contributed by atoms with Gasteiger partial charge in [-0.05, 0) is 36.4 Å². The molecule has 0 fully saturated rings. The molecule has 1 N–H and O–H groups in total. The summed E-state index contributed by atoms with van der Waals surface area (Å²) in [7, 11) is 0. The summed E-state index contributed by atoms with van der Waals surface area (Å²) in [5.41, 5.74) is 1.82. The van der Waals surface area contributed by atoms with E-state index in [0.717, 1.165) is 0 Å². The van der Waals surface area contributed by atoms with Crippen molar-refractivity contribution >= 4 is 34.1 Å². The third-order valence-electron chi connectivity index (χ3n) is 4.19. The maximum absolute atomic E-state index is 12.4. The number of rotatable bonds is 4. The lowest BCUT2D eigenvalue weighted by Gasteiger charge is -2.13. The van der Waals surface area contributed by atoms with Crippen LogP contribution in [0.4, 0.5) is 0 Å². The van der Waals surface area contributed by atoms with Crippen molar-refractivity contribution in [2.45, 2.75) is 6.61 Å². The van der Waals surface area contributed by atoms with Gasteiger partial charge in [0.05, 0.1) is 16.5 Å². The van der Waals surface area contributed by atoms with E-state index in [2.05, 4.69) is 9.97 Å². The van der Waals surface area contributed by atoms with Gasteiger partial charge in [0.25, 0.3) is 5.56 Å². The molecule has 0 radical (unpaired) electrons. The molecule has 0 bridgehead atoms. The predicted molar refractivity (Wildman–Crippen MR) is 109 cm³/mol. The number of aromatic amines is 1. The second-order valence-corrected chi connectivity index (χ2v) is 6.73. The highest BCUT2D eigenvalue weighted by Gasteiger charge is 2.12. The molecular formula is C21H14Cl2N2O2. The van der Waals surface area contributed by atoms with Crippen molar-refractivity contribution in [2.24, 2.45) is 0 Å². The number of ether oxygens (including phenoxy) is 1. The predicted octanol–water partition coefficient (Wildman–Crippen LogP) is 5.48. The molecule has 4 aromatic rings. The second-order valence-electron chi connectivity index (χ2n) is 5.92. The Balaban J connectivity index is 1.73. The fourth-order valence-corrected chi connectivity index (χ4v) is 3.33. The van der Waals surface area contributed by atoms with Crippen LogP contribution in [0.5, 0.6) is 5.75 Å². The van der Waals surface area contributed by atoms with E-state index in [1.807, 2.05) is 36.4 Å². The first-order valence-electron chi connectivity index (χ1n) is 8.27. The number of H-pyrrole nitrogens is 1. The van der Waals surface area contributed by atoms with Crippen molar-refractivity contribution in [3.8, 4) is 17.1 Å². The largest absolute Gasteiger partial charge is 0.488 e. The van der Waals surface area contributed by atoms with Crippen LogP contribution in [-0.2, 0) is 6.61 Å². The van der Waals surface area contributed by atoms with Gasteiger partial charge >= 0.3 is 0 Å². The van der Waals surface area contributed by atoms with Gasteiger partial charge < -0.3 is 9.72 Å². The van der Waals surface area contributed by atoms with Gasteiger partial charge in [0.1, 0.15) is 18.2 Å². The van der Waals surface area contributed by atoms with E-state index in [0.29, 0.717) is 43.6 Å². The van der Waals surface area contributed by atoms with E-state index < -0.39 is 0 Å². The summed E-state index contributed by atoms with van der Waals surface area (Å²) in [5, 5.41) is 1.62. The Morgan fingerprint density at radius 3 is 2.41 bits per heavy atom. The van der Waals surface area contributed by atoms with Crippen LogP contribution in [0.15, 0.2) is 71.5 Å². The quantitative estimate of drug-likeness (QED) is 0.497. The summed E-state index contributed by atoms with van der Waals surface area (Å²) in [6.07, 6.45) is 0. The first-order valence-corrected chi connectivity index (χ1v) is 9.03. The lowest BCUT2D eigenvalue weighted by molar-refractivity contribution is 0.307. The maximum atomic E-state index is 12.4. The molecule has 0 aliphatic heterocycles. The third kappa shape index (κ3) is 3.54. The van der Waals surface area contributed by atoms with Gasteiger partial charge in [0.2, 0.25) is 0 Å². The fraction of sp³-hybridized carbons (Fsp3) is 0.0476. The van der Waals surface area contributed by atoms with E-state index in [9.17, 15) is 4.79 Å². The highest BCUT2D eigenvalue weighted by molar-refractivity contribution is 6.35. The third-order valence-corrected chi connectivity index (χ3v) is 4.90. The summed E-state index contributed by atoms with van der Waals surface area (Å²) in [6, 6.07) is 19.9. The fourth-order valence-electron chi connectivity index (χ4n) is 2.82. The molecule has 0 saturated heterocycles. The number of aromatic nitrogens is 2. The molecule has 134 valence electrons. The van der Waals surface area contributed by atoms with E-state index >= 15 is 0 Å². The summed E-state index contributed by atoms with van der Waals surface area (Å²) in [6.45, 7) is 0.202. The van der Waals surface area contributed by atoms with E-state index in [-0.39, 0.29) is 12.2 Å². The molecule has 0 amide bonds. The number of hydrogen-bond acceptors (Lipinski definition) is 3. The first-order chi connectivity index (χ1) is 13.1. The minimum absolute atomic E-state index is 0.195. The number of hydrogen-bond donors (Lipinski definition) is 1. The van der Waals surface area contributed by atoms with Gasteiger partial charge in [-0.2, -0.15) is 0 Å². The molecule has 3 aromatic carbocycles. The Labute approximate surface area is 165 Å². The second kappa shape index (κ2) is 7.43. The van der Waals surface area contributed by atoms with Crippen LogP contribution in [0.3, 0.4) is 0 Å². The zero-order chi connectivity index (χ0) is 18.8. The summed E-state index contributed by atoms with van der Waals surface area (Å²) >= 11 is 12.4. The van der Waals surface area contributed by atoms with Crippen molar-refractivity contribution in [1.29, 1.82) is 0 Å². The lowest BCUT2D eigenvalue weighted by Crippen LogP contribution is -2.10. The molecule has 0 aliphatic carbocycles. The smallest absolute Gasteiger partial charge is 0.259 e. The molecule has 1 aromatic heterocycles. The molecule has 27 heavy (non-hydrogen) atoms. The van der Waals surface area contributed by atoms with Gasteiger partial charge in [-0.3, -0.25) is 4.79 Å². The Morgan fingerprint density at radius 2 is 1.59 bits per heavy atom. The van der Waals surface area contributed by atoms with Gasteiger partial charge in [-0.1, -0.05) is 53.5 Å². The monoisotopic (exact) mass is 396 g/mol. The van der Waals surface area contributed by atoms with Crippen LogP contribution < -0.4 is 10.3 Å². The molecule has 6 heteroatoms. The van der Waals surface area contributed by atoms with Gasteiger partial charge in [0.15, 0.2) is 0 Å². The van der Waals surface area contributed by atoms with E-state index in [1.165, 1.54) is 0 Å². The number of nitrogens with zero attached hydrogens (tertiary/aromatic N) is 1. The molecule has 4 nitrogen and oxygen atoms in total. The van der Waals surface area contributed by atoms with Crippen LogP contribution in [0, 0.1) is 0 Å². The Kier molecular flexibility index (Phi) is 4.84. The number of para-hydroxylation sites is 2. The molecular weight excluding hydrogens is 383 g/mol. The van der Waals surface area contributed by atoms with Crippen molar-refractivity contribution in [3.05, 3.63) is 92.7 Å². The minimum Gasteiger partial charge on any atom is -0.488 e. The van der Waals surface area contributed by atoms with Crippen molar-refractivity contribution < 1.29 is 4.74 Å². The maximum Gasteiger partial charge on any atom is 0.259 e. The standard InChI is InChI=1S/C21H14Cl2N2O2/c22-16-8-5-9-17(23)15(16)12-27-19-11-4-2-7-14(19)20-24-18-10-3-1-6-13(18)21(26)25-20/h1-11H,12H2,(H,24,25,26). The van der Waals surface area contributed by atoms with Crippen molar-refractivity contribution in [3.63, 3.8) is 0 Å². The zero-order valence-corrected chi connectivity index (χ0v) is 15.6. The molecule has 0 unspecified atom stereocenters. The number of nitrogens with one attached hydrogen (secondary N) is 1. The number of benzene rings is 3. The molecule has 0 aliphatic rings. The van der Waals surface area contributed by atoms with Crippen LogP contribution in [0.1, 0.15) is 5.56 Å². The van der Waals surface area contributed by atoms with Crippen LogP contribution in [0.2, 0.25) is 10.0 Å². The highest BCUT2D eigenvalue weighted by Crippen LogP contribution is 2.30. The van der Waals surface area contributed by atoms with Gasteiger partial charge in [-0.15, -0.1) is 0 Å². The molecule has 4 rings (SSSR count). The SMILES string of the molecule is O=c1[nH]c(-c2ccccc2OCc2c(Cl)cccc2Cl)nc2ccccc12. The van der Waals surface area contributed by atoms with Gasteiger partial charge in [-0.25, -0.2) is 4.98 Å². The molecule has 0 saturated carbocycles. The summed E-state index contributed by atoms with van der Waals surface area (Å²) < 4.78 is 5.96. The summed E-state index contributed by atoms with van der Waals surface area (Å²) in [5.74, 6) is 1.02. The lowest BCUT2D eigenvalue weighted by atomic mass is 10.1. The Morgan fingerprint density at radius 1 is 0.889 bits per heavy atom. The molecule has 1 heterocycles. The molecule has 0 atom stereocenters. The number of halogens is 2. The normalized spacial score (nSPS) is 10.9. The first kappa shape index (κ1) is 17.6. The average Bonchev–Trinajstić information content (AvgIpc) is 2.68. The highest BCUT2D eigenvalue weighted by atomic mass is 35.5. The Bertz CT molecular complexity index is 1170. The van der Waals surface area contributed by atoms with E-state index in [1.54, 1.807) is 30.3 Å². The Hall–Kier alpha value is -2.82. The van der Waals surface area contributed by atoms with Gasteiger partial charge in [0, 0.05) is 15.6 Å². The molecule has 0 spiro atoms. The van der Waals surface area contributed by atoms with Crippen molar-refractivity contribution in [2.75, 3.05) is 0 Å².